The van der Waals surface area contributed by atoms with E-state index in [0.717, 1.165) is 19.6 Å². The molecule has 1 aromatic rings. The second kappa shape index (κ2) is 6.56. The Labute approximate surface area is 117 Å². The zero-order valence-electron chi connectivity index (χ0n) is 12.8. The highest BCUT2D eigenvalue weighted by Crippen LogP contribution is 2.37. The number of hydrogen-bond acceptors (Lipinski definition) is 2. The van der Waals surface area contributed by atoms with E-state index in [9.17, 15) is 0 Å². The van der Waals surface area contributed by atoms with E-state index >= 15 is 0 Å². The van der Waals surface area contributed by atoms with Gasteiger partial charge in [0.2, 0.25) is 0 Å². The van der Waals surface area contributed by atoms with Crippen molar-refractivity contribution in [2.24, 2.45) is 11.3 Å². The van der Waals surface area contributed by atoms with Crippen molar-refractivity contribution in [3.8, 4) is 0 Å². The fraction of sp³-hybridized carbons (Fsp3) is 0.812. The van der Waals surface area contributed by atoms with Crippen LogP contribution in [0.1, 0.15) is 58.6 Å². The van der Waals surface area contributed by atoms with Crippen molar-refractivity contribution in [3.63, 3.8) is 0 Å². The van der Waals surface area contributed by atoms with Gasteiger partial charge in [0.25, 0.3) is 0 Å². The lowest BCUT2D eigenvalue weighted by Crippen LogP contribution is -2.28. The van der Waals surface area contributed by atoms with Crippen molar-refractivity contribution in [2.75, 3.05) is 6.54 Å². The molecule has 3 nitrogen and oxygen atoms in total. The van der Waals surface area contributed by atoms with E-state index in [2.05, 4.69) is 35.6 Å². The maximum absolute atomic E-state index is 4.34. The van der Waals surface area contributed by atoms with Crippen LogP contribution < -0.4 is 5.32 Å². The molecule has 0 amide bonds. The molecule has 1 N–H and O–H groups in total. The third kappa shape index (κ3) is 4.34. The Bertz CT molecular complexity index is 375. The molecule has 0 aliphatic heterocycles. The van der Waals surface area contributed by atoms with Gasteiger partial charge in [-0.1, -0.05) is 40.0 Å². The molecular weight excluding hydrogens is 234 g/mol. The van der Waals surface area contributed by atoms with Crippen molar-refractivity contribution in [1.82, 2.24) is 14.9 Å². The van der Waals surface area contributed by atoms with E-state index < -0.39 is 0 Å². The fourth-order valence-corrected chi connectivity index (χ4v) is 3.10. The molecule has 0 atom stereocenters. The van der Waals surface area contributed by atoms with Gasteiger partial charge in [0.05, 0.1) is 12.0 Å². The summed E-state index contributed by atoms with van der Waals surface area (Å²) in [5.74, 6) is 0.701. The van der Waals surface area contributed by atoms with Crippen LogP contribution in [0.5, 0.6) is 0 Å². The highest BCUT2D eigenvalue weighted by Gasteiger charge is 2.27. The topological polar surface area (TPSA) is 29.9 Å². The van der Waals surface area contributed by atoms with Gasteiger partial charge in [0.1, 0.15) is 0 Å². The fourth-order valence-electron chi connectivity index (χ4n) is 3.10. The summed E-state index contributed by atoms with van der Waals surface area (Å²) in [6, 6.07) is 0. The van der Waals surface area contributed by atoms with Crippen molar-refractivity contribution in [3.05, 3.63) is 18.2 Å². The lowest BCUT2D eigenvalue weighted by Gasteiger charge is -2.34. The lowest BCUT2D eigenvalue weighted by atomic mass is 9.75. The minimum absolute atomic E-state index is 0.478. The number of nitrogens with one attached hydrogen (secondary N) is 1. The average molecular weight is 263 g/mol. The van der Waals surface area contributed by atoms with Gasteiger partial charge in [-0.15, -0.1) is 0 Å². The Kier molecular flexibility index (Phi) is 5.03. The molecule has 1 aromatic heterocycles. The maximum atomic E-state index is 4.34. The smallest absolute Gasteiger partial charge is 0.0948 e. The van der Waals surface area contributed by atoms with Gasteiger partial charge in [-0.2, -0.15) is 0 Å². The van der Waals surface area contributed by atoms with Crippen LogP contribution in [0.15, 0.2) is 12.5 Å². The van der Waals surface area contributed by atoms with Gasteiger partial charge in [-0.25, -0.2) is 4.98 Å². The summed E-state index contributed by atoms with van der Waals surface area (Å²) in [5.41, 5.74) is 1.80. The van der Waals surface area contributed by atoms with Crippen LogP contribution in [0.4, 0.5) is 0 Å². The molecular formula is C16H29N3. The van der Waals surface area contributed by atoms with E-state index in [1.54, 1.807) is 0 Å². The SMILES string of the molecule is CC(C)CNCc1cncn1CC1(C)CCCCC1. The standard InChI is InChI=1S/C16H29N3/c1-14(2)9-17-10-15-11-18-13-19(15)12-16(3)7-5-4-6-8-16/h11,13-14,17H,4-10,12H2,1-3H3. The van der Waals surface area contributed by atoms with E-state index in [4.69, 9.17) is 0 Å². The first kappa shape index (κ1) is 14.6. The third-order valence-corrected chi connectivity index (χ3v) is 4.27. The zero-order valence-corrected chi connectivity index (χ0v) is 12.8. The third-order valence-electron chi connectivity index (χ3n) is 4.27. The summed E-state index contributed by atoms with van der Waals surface area (Å²) in [6.45, 7) is 10.1. The van der Waals surface area contributed by atoms with E-state index in [-0.39, 0.29) is 0 Å². The molecule has 2 rings (SSSR count). The Morgan fingerprint density at radius 2 is 2.05 bits per heavy atom. The quantitative estimate of drug-likeness (QED) is 0.850. The van der Waals surface area contributed by atoms with E-state index in [1.165, 1.54) is 37.8 Å². The first-order valence-corrected chi connectivity index (χ1v) is 7.79. The number of imidazole rings is 1. The van der Waals surface area contributed by atoms with Crippen molar-refractivity contribution in [2.45, 2.75) is 66.0 Å². The predicted octanol–water partition coefficient (Wildman–Crippen LogP) is 3.60. The average Bonchev–Trinajstić information content (AvgIpc) is 2.76. The minimum Gasteiger partial charge on any atom is -0.333 e. The normalized spacial score (nSPS) is 18.9. The number of hydrogen-bond donors (Lipinski definition) is 1. The van der Waals surface area contributed by atoms with Gasteiger partial charge in [-0.05, 0) is 30.7 Å². The Hall–Kier alpha value is -0.830. The van der Waals surface area contributed by atoms with Crippen molar-refractivity contribution >= 4 is 0 Å². The first-order valence-electron chi connectivity index (χ1n) is 7.79. The molecule has 0 bridgehead atoms. The van der Waals surface area contributed by atoms with Gasteiger partial charge < -0.3 is 9.88 Å². The van der Waals surface area contributed by atoms with Gasteiger partial charge in [0, 0.05) is 19.3 Å². The molecule has 1 aliphatic carbocycles. The molecule has 108 valence electrons. The van der Waals surface area contributed by atoms with Gasteiger partial charge >= 0.3 is 0 Å². The summed E-state index contributed by atoms with van der Waals surface area (Å²) in [6.07, 6.45) is 11.0. The van der Waals surface area contributed by atoms with Crippen LogP contribution in [-0.4, -0.2) is 16.1 Å². The molecule has 1 aliphatic rings. The van der Waals surface area contributed by atoms with E-state index in [0.29, 0.717) is 11.3 Å². The minimum atomic E-state index is 0.478. The number of rotatable bonds is 6. The summed E-state index contributed by atoms with van der Waals surface area (Å²) < 4.78 is 2.36. The molecule has 0 saturated heterocycles. The van der Waals surface area contributed by atoms with Crippen LogP contribution in [-0.2, 0) is 13.1 Å². The Morgan fingerprint density at radius 1 is 1.32 bits per heavy atom. The van der Waals surface area contributed by atoms with Gasteiger partial charge in [-0.3, -0.25) is 0 Å². The van der Waals surface area contributed by atoms with E-state index in [1.807, 2.05) is 12.5 Å². The first-order chi connectivity index (χ1) is 9.09. The Balaban J connectivity index is 1.91. The molecule has 0 radical (unpaired) electrons. The molecule has 1 saturated carbocycles. The molecule has 0 unspecified atom stereocenters. The number of nitrogens with zero attached hydrogens (tertiary/aromatic N) is 2. The molecule has 0 aromatic carbocycles. The molecule has 3 heteroatoms. The largest absolute Gasteiger partial charge is 0.333 e. The maximum Gasteiger partial charge on any atom is 0.0948 e. The lowest BCUT2D eigenvalue weighted by molar-refractivity contribution is 0.181. The Morgan fingerprint density at radius 3 is 2.74 bits per heavy atom. The van der Waals surface area contributed by atoms with Crippen LogP contribution in [0.3, 0.4) is 0 Å². The molecule has 0 spiro atoms. The second-order valence-electron chi connectivity index (χ2n) is 6.91. The molecule has 1 fully saturated rings. The highest BCUT2D eigenvalue weighted by atomic mass is 15.1. The van der Waals surface area contributed by atoms with Crippen LogP contribution >= 0.6 is 0 Å². The molecule has 1 heterocycles. The van der Waals surface area contributed by atoms with Crippen LogP contribution in [0.2, 0.25) is 0 Å². The van der Waals surface area contributed by atoms with Crippen LogP contribution in [0, 0.1) is 11.3 Å². The van der Waals surface area contributed by atoms with Crippen LogP contribution in [0.25, 0.3) is 0 Å². The summed E-state index contributed by atoms with van der Waals surface area (Å²) >= 11 is 0. The monoisotopic (exact) mass is 263 g/mol. The summed E-state index contributed by atoms with van der Waals surface area (Å²) in [7, 11) is 0. The van der Waals surface area contributed by atoms with Crippen molar-refractivity contribution < 1.29 is 0 Å². The molecule has 19 heavy (non-hydrogen) atoms. The van der Waals surface area contributed by atoms with Gasteiger partial charge in [0.15, 0.2) is 0 Å². The second-order valence-corrected chi connectivity index (χ2v) is 6.91. The highest BCUT2D eigenvalue weighted by molar-refractivity contribution is 4.99. The van der Waals surface area contributed by atoms with Crippen molar-refractivity contribution in [1.29, 1.82) is 0 Å². The summed E-state index contributed by atoms with van der Waals surface area (Å²) in [4.78, 5) is 4.34. The summed E-state index contributed by atoms with van der Waals surface area (Å²) in [5, 5.41) is 3.52. The zero-order chi connectivity index (χ0) is 13.7. The predicted molar refractivity (Wildman–Crippen MR) is 80.0 cm³/mol. The number of aromatic nitrogens is 2.